The third-order valence-corrected chi connectivity index (χ3v) is 4.84. The average Bonchev–Trinajstić information content (AvgIpc) is 3.14. The molecule has 1 saturated heterocycles. The summed E-state index contributed by atoms with van der Waals surface area (Å²) in [6.07, 6.45) is 1.76. The second-order valence-electron chi connectivity index (χ2n) is 5.89. The lowest BCUT2D eigenvalue weighted by Gasteiger charge is -2.22. The molecule has 122 valence electrons. The van der Waals surface area contributed by atoms with E-state index in [-0.39, 0.29) is 18.7 Å². The molecule has 1 aliphatic heterocycles. The van der Waals surface area contributed by atoms with Crippen molar-refractivity contribution in [1.29, 1.82) is 0 Å². The molecule has 0 radical (unpaired) electrons. The van der Waals surface area contributed by atoms with Gasteiger partial charge in [0.05, 0.1) is 12.6 Å². The van der Waals surface area contributed by atoms with Crippen LogP contribution in [0.2, 0.25) is 0 Å². The van der Waals surface area contributed by atoms with Crippen LogP contribution >= 0.6 is 11.3 Å². The Morgan fingerprint density at radius 3 is 2.78 bits per heavy atom. The minimum atomic E-state index is -0.218. The summed E-state index contributed by atoms with van der Waals surface area (Å²) < 4.78 is 0. The summed E-state index contributed by atoms with van der Waals surface area (Å²) in [7, 11) is 0. The summed E-state index contributed by atoms with van der Waals surface area (Å²) in [5, 5.41) is 21.6. The SMILES string of the molecule is Cc1cc(C)cc(-c2nnc(NC(=O)N3CCCC3CO)s2)c1. The zero-order valence-corrected chi connectivity index (χ0v) is 14.1. The fourth-order valence-electron chi connectivity index (χ4n) is 2.94. The molecule has 3 rings (SSSR count). The van der Waals surface area contributed by atoms with Crippen molar-refractivity contribution in [2.75, 3.05) is 18.5 Å². The summed E-state index contributed by atoms with van der Waals surface area (Å²) in [6.45, 7) is 4.75. The van der Waals surface area contributed by atoms with Gasteiger partial charge >= 0.3 is 6.03 Å². The molecule has 0 bridgehead atoms. The molecule has 1 aliphatic rings. The maximum atomic E-state index is 12.3. The van der Waals surface area contributed by atoms with Crippen LogP contribution in [0.1, 0.15) is 24.0 Å². The molecule has 2 N–H and O–H groups in total. The van der Waals surface area contributed by atoms with Crippen LogP contribution in [-0.2, 0) is 0 Å². The normalized spacial score (nSPS) is 17.5. The Morgan fingerprint density at radius 2 is 2.09 bits per heavy atom. The van der Waals surface area contributed by atoms with Gasteiger partial charge in [-0.3, -0.25) is 5.32 Å². The van der Waals surface area contributed by atoms with E-state index in [1.165, 1.54) is 22.5 Å². The van der Waals surface area contributed by atoms with Crippen molar-refractivity contribution in [1.82, 2.24) is 15.1 Å². The number of nitrogens with zero attached hydrogens (tertiary/aromatic N) is 3. The predicted molar refractivity (Wildman–Crippen MR) is 90.7 cm³/mol. The number of aryl methyl sites for hydroxylation is 2. The lowest BCUT2D eigenvalue weighted by atomic mass is 10.1. The topological polar surface area (TPSA) is 78.4 Å². The number of rotatable bonds is 3. The van der Waals surface area contributed by atoms with Gasteiger partial charge in [-0.1, -0.05) is 28.5 Å². The quantitative estimate of drug-likeness (QED) is 0.906. The van der Waals surface area contributed by atoms with Gasteiger partial charge in [-0.15, -0.1) is 10.2 Å². The lowest BCUT2D eigenvalue weighted by molar-refractivity contribution is 0.166. The Hall–Kier alpha value is -1.99. The average molecular weight is 332 g/mol. The molecule has 1 aromatic carbocycles. The van der Waals surface area contributed by atoms with Gasteiger partial charge in [-0.25, -0.2) is 4.79 Å². The third-order valence-electron chi connectivity index (χ3n) is 3.96. The monoisotopic (exact) mass is 332 g/mol. The number of aliphatic hydroxyl groups is 1. The van der Waals surface area contributed by atoms with Crippen LogP contribution in [0.4, 0.5) is 9.93 Å². The number of nitrogens with one attached hydrogen (secondary N) is 1. The zero-order chi connectivity index (χ0) is 16.4. The molecular weight excluding hydrogens is 312 g/mol. The minimum Gasteiger partial charge on any atom is -0.394 e. The smallest absolute Gasteiger partial charge is 0.324 e. The van der Waals surface area contributed by atoms with Gasteiger partial charge in [0.1, 0.15) is 5.01 Å². The van der Waals surface area contributed by atoms with E-state index >= 15 is 0 Å². The maximum Gasteiger partial charge on any atom is 0.324 e. The maximum absolute atomic E-state index is 12.3. The fraction of sp³-hybridized carbons (Fsp3) is 0.438. The molecular formula is C16H20N4O2S. The fourth-order valence-corrected chi connectivity index (χ4v) is 3.67. The summed E-state index contributed by atoms with van der Waals surface area (Å²) in [5.74, 6) is 0. The first kappa shape index (κ1) is 15.9. The summed E-state index contributed by atoms with van der Waals surface area (Å²) in [4.78, 5) is 13.9. The molecule has 0 spiro atoms. The molecule has 0 aliphatic carbocycles. The van der Waals surface area contributed by atoms with E-state index in [1.807, 2.05) is 13.8 Å². The van der Waals surface area contributed by atoms with Crippen molar-refractivity contribution in [2.24, 2.45) is 0 Å². The number of carbonyl (C=O) groups is 1. The predicted octanol–water partition coefficient (Wildman–Crippen LogP) is 2.81. The first-order valence-corrected chi connectivity index (χ1v) is 8.49. The van der Waals surface area contributed by atoms with Gasteiger partial charge in [-0.05, 0) is 38.8 Å². The molecule has 1 unspecified atom stereocenters. The zero-order valence-electron chi connectivity index (χ0n) is 13.2. The third kappa shape index (κ3) is 3.51. The Morgan fingerprint density at radius 1 is 1.35 bits per heavy atom. The molecule has 0 saturated carbocycles. The molecule has 7 heteroatoms. The van der Waals surface area contributed by atoms with Crippen molar-refractivity contribution in [2.45, 2.75) is 32.7 Å². The van der Waals surface area contributed by atoms with E-state index in [4.69, 9.17) is 0 Å². The standard InChI is InChI=1S/C16H20N4O2S/c1-10-6-11(2)8-12(7-10)14-18-19-15(23-14)17-16(22)20-5-3-4-13(20)9-21/h6-8,13,21H,3-5,9H2,1-2H3,(H,17,19,22). The van der Waals surface area contributed by atoms with Crippen LogP contribution in [0.15, 0.2) is 18.2 Å². The van der Waals surface area contributed by atoms with E-state index in [0.717, 1.165) is 23.4 Å². The lowest BCUT2D eigenvalue weighted by Crippen LogP contribution is -2.40. The molecule has 6 nitrogen and oxygen atoms in total. The van der Waals surface area contributed by atoms with E-state index in [0.29, 0.717) is 11.7 Å². The molecule has 2 heterocycles. The van der Waals surface area contributed by atoms with Gasteiger partial charge in [0.25, 0.3) is 0 Å². The Bertz CT molecular complexity index is 696. The van der Waals surface area contributed by atoms with Crippen molar-refractivity contribution >= 4 is 22.5 Å². The molecule has 23 heavy (non-hydrogen) atoms. The van der Waals surface area contributed by atoms with Crippen LogP contribution in [0.25, 0.3) is 10.6 Å². The summed E-state index contributed by atoms with van der Waals surface area (Å²) in [5.41, 5.74) is 3.35. The highest BCUT2D eigenvalue weighted by Gasteiger charge is 2.28. The Kier molecular flexibility index (Phi) is 4.58. The largest absolute Gasteiger partial charge is 0.394 e. The van der Waals surface area contributed by atoms with Gasteiger partial charge in [-0.2, -0.15) is 0 Å². The summed E-state index contributed by atoms with van der Waals surface area (Å²) >= 11 is 1.36. The molecule has 2 amide bonds. The molecule has 2 aromatic rings. The number of hydrogen-bond acceptors (Lipinski definition) is 5. The van der Waals surface area contributed by atoms with Crippen LogP contribution < -0.4 is 5.32 Å². The highest BCUT2D eigenvalue weighted by molar-refractivity contribution is 7.18. The number of hydrogen-bond donors (Lipinski definition) is 2. The van der Waals surface area contributed by atoms with E-state index in [9.17, 15) is 9.90 Å². The van der Waals surface area contributed by atoms with E-state index in [1.54, 1.807) is 4.90 Å². The molecule has 1 atom stereocenters. The van der Waals surface area contributed by atoms with Crippen LogP contribution in [-0.4, -0.2) is 45.4 Å². The number of aromatic nitrogens is 2. The molecule has 1 aromatic heterocycles. The minimum absolute atomic E-state index is 0.00262. The van der Waals surface area contributed by atoms with Crippen molar-refractivity contribution in [3.05, 3.63) is 29.3 Å². The first-order chi connectivity index (χ1) is 11.1. The van der Waals surface area contributed by atoms with Crippen LogP contribution in [0.3, 0.4) is 0 Å². The number of aliphatic hydroxyl groups excluding tert-OH is 1. The second kappa shape index (κ2) is 6.64. The number of benzene rings is 1. The van der Waals surface area contributed by atoms with Crippen LogP contribution in [0.5, 0.6) is 0 Å². The number of urea groups is 1. The number of amides is 2. The number of carbonyl (C=O) groups excluding carboxylic acids is 1. The number of likely N-dealkylation sites (tertiary alicyclic amines) is 1. The second-order valence-corrected chi connectivity index (χ2v) is 6.87. The van der Waals surface area contributed by atoms with Gasteiger partial charge in [0, 0.05) is 12.1 Å². The van der Waals surface area contributed by atoms with Gasteiger partial charge < -0.3 is 10.0 Å². The number of anilines is 1. The Labute approximate surface area is 139 Å². The van der Waals surface area contributed by atoms with E-state index < -0.39 is 0 Å². The summed E-state index contributed by atoms with van der Waals surface area (Å²) in [6, 6.07) is 5.91. The van der Waals surface area contributed by atoms with E-state index in [2.05, 4.69) is 33.7 Å². The van der Waals surface area contributed by atoms with Crippen molar-refractivity contribution in [3.8, 4) is 10.6 Å². The Balaban J connectivity index is 1.73. The highest BCUT2D eigenvalue weighted by atomic mass is 32.1. The highest BCUT2D eigenvalue weighted by Crippen LogP contribution is 2.28. The molecule has 1 fully saturated rings. The van der Waals surface area contributed by atoms with Gasteiger partial charge in [0.2, 0.25) is 5.13 Å². The van der Waals surface area contributed by atoms with Crippen molar-refractivity contribution in [3.63, 3.8) is 0 Å². The first-order valence-electron chi connectivity index (χ1n) is 7.67. The van der Waals surface area contributed by atoms with Crippen molar-refractivity contribution < 1.29 is 9.90 Å². The van der Waals surface area contributed by atoms with Crippen LogP contribution in [0, 0.1) is 13.8 Å². The van der Waals surface area contributed by atoms with Gasteiger partial charge in [0.15, 0.2) is 0 Å².